The molecule has 142 valence electrons. The van der Waals surface area contributed by atoms with Gasteiger partial charge in [-0.2, -0.15) is 0 Å². The maximum Gasteiger partial charge on any atom is 0.228 e. The predicted molar refractivity (Wildman–Crippen MR) is 104 cm³/mol. The van der Waals surface area contributed by atoms with Gasteiger partial charge in [-0.05, 0) is 43.3 Å². The number of carbonyl (C=O) groups excluding carboxylic acids is 1. The predicted octanol–water partition coefficient (Wildman–Crippen LogP) is 4.02. The second-order valence-corrected chi connectivity index (χ2v) is 6.57. The average molecular weight is 390 g/mol. The normalized spacial score (nSPS) is 11.0. The number of halogens is 2. The Morgan fingerprint density at radius 3 is 2.67 bits per heavy atom. The van der Waals surface area contributed by atoms with Crippen LogP contribution in [0.25, 0.3) is 16.9 Å². The molecule has 3 rings (SSSR count). The van der Waals surface area contributed by atoms with Crippen LogP contribution in [0.2, 0.25) is 5.02 Å². The van der Waals surface area contributed by atoms with E-state index in [9.17, 15) is 9.18 Å². The van der Waals surface area contributed by atoms with Crippen molar-refractivity contribution in [3.05, 3.63) is 53.3 Å². The smallest absolute Gasteiger partial charge is 0.228 e. The van der Waals surface area contributed by atoms with E-state index in [0.717, 1.165) is 11.3 Å². The molecule has 0 spiro atoms. The van der Waals surface area contributed by atoms with Crippen molar-refractivity contribution in [2.75, 3.05) is 26.9 Å². The molecule has 0 saturated heterocycles. The highest BCUT2D eigenvalue weighted by atomic mass is 35.5. The second kappa shape index (κ2) is 8.39. The first kappa shape index (κ1) is 19.2. The van der Waals surface area contributed by atoms with Gasteiger partial charge in [0, 0.05) is 25.4 Å². The van der Waals surface area contributed by atoms with Crippen molar-refractivity contribution >= 4 is 23.2 Å². The molecular formula is C20H21ClFN3O2. The van der Waals surface area contributed by atoms with Crippen molar-refractivity contribution in [3.8, 4) is 17.0 Å². The molecular weight excluding hydrogens is 369 g/mol. The van der Waals surface area contributed by atoms with Gasteiger partial charge in [-0.25, -0.2) is 9.37 Å². The van der Waals surface area contributed by atoms with E-state index in [4.69, 9.17) is 16.3 Å². The van der Waals surface area contributed by atoms with Crippen LogP contribution in [0.5, 0.6) is 5.75 Å². The van der Waals surface area contributed by atoms with Crippen LogP contribution in [0.15, 0.2) is 42.6 Å². The van der Waals surface area contributed by atoms with Crippen LogP contribution < -0.4 is 4.74 Å². The monoisotopic (exact) mass is 389 g/mol. The Labute approximate surface area is 162 Å². The first-order chi connectivity index (χ1) is 13.0. The Bertz CT molecular complexity index is 940. The van der Waals surface area contributed by atoms with Crippen LogP contribution in [0.4, 0.5) is 4.39 Å². The van der Waals surface area contributed by atoms with E-state index < -0.39 is 6.67 Å². The molecule has 0 aliphatic carbocycles. The number of aromatic nitrogens is 2. The lowest BCUT2D eigenvalue weighted by Crippen LogP contribution is -2.28. The van der Waals surface area contributed by atoms with E-state index in [1.807, 2.05) is 29.5 Å². The number of likely N-dealkylation sites (N-methyl/N-ethyl adjacent to an activating group) is 1. The summed E-state index contributed by atoms with van der Waals surface area (Å²) in [5, 5.41) is 0.568. The molecule has 0 fully saturated rings. The van der Waals surface area contributed by atoms with Gasteiger partial charge in [0.15, 0.2) is 0 Å². The van der Waals surface area contributed by atoms with Crippen molar-refractivity contribution in [3.63, 3.8) is 0 Å². The lowest BCUT2D eigenvalue weighted by atomic mass is 10.1. The standard InChI is InChI=1S/C20H21ClFN3O2/c1-3-24(2)19(26)12-17-20(23-18-9-6-15(21)13-25(17)18)14-4-7-16(8-5-14)27-11-10-22/h4-9,13H,3,10-12H2,1-2H3. The lowest BCUT2D eigenvalue weighted by Gasteiger charge is -2.15. The summed E-state index contributed by atoms with van der Waals surface area (Å²) in [6, 6.07) is 10.8. The topological polar surface area (TPSA) is 46.8 Å². The van der Waals surface area contributed by atoms with Gasteiger partial charge < -0.3 is 14.0 Å². The fourth-order valence-corrected chi connectivity index (χ4v) is 2.95. The number of nitrogens with zero attached hydrogens (tertiary/aromatic N) is 3. The number of alkyl halides is 1. The van der Waals surface area contributed by atoms with E-state index in [1.165, 1.54) is 0 Å². The average Bonchev–Trinajstić information content (AvgIpc) is 3.03. The summed E-state index contributed by atoms with van der Waals surface area (Å²) < 4.78 is 19.4. The number of imidazole rings is 1. The van der Waals surface area contributed by atoms with Crippen molar-refractivity contribution in [2.24, 2.45) is 0 Å². The summed E-state index contributed by atoms with van der Waals surface area (Å²) in [5.41, 5.74) is 3.06. The number of ether oxygens (including phenoxy) is 1. The molecule has 0 N–H and O–H groups in total. The Kier molecular flexibility index (Phi) is 5.96. The van der Waals surface area contributed by atoms with Crippen LogP contribution in [0, 0.1) is 0 Å². The summed E-state index contributed by atoms with van der Waals surface area (Å²) in [6.07, 6.45) is 1.97. The molecule has 0 aliphatic heterocycles. The van der Waals surface area contributed by atoms with E-state index in [2.05, 4.69) is 4.98 Å². The highest BCUT2D eigenvalue weighted by Gasteiger charge is 2.19. The number of amides is 1. The molecule has 0 bridgehead atoms. The minimum absolute atomic E-state index is 0.00317. The van der Waals surface area contributed by atoms with Gasteiger partial charge in [0.05, 0.1) is 22.8 Å². The Morgan fingerprint density at radius 1 is 1.26 bits per heavy atom. The zero-order chi connectivity index (χ0) is 19.4. The van der Waals surface area contributed by atoms with Crippen molar-refractivity contribution in [1.29, 1.82) is 0 Å². The first-order valence-electron chi connectivity index (χ1n) is 8.73. The third kappa shape index (κ3) is 4.22. The Hall–Kier alpha value is -2.60. The highest BCUT2D eigenvalue weighted by Crippen LogP contribution is 2.28. The first-order valence-corrected chi connectivity index (χ1v) is 9.11. The lowest BCUT2D eigenvalue weighted by molar-refractivity contribution is -0.129. The van der Waals surface area contributed by atoms with Crippen molar-refractivity contribution < 1.29 is 13.9 Å². The third-order valence-corrected chi connectivity index (χ3v) is 4.60. The highest BCUT2D eigenvalue weighted by molar-refractivity contribution is 6.30. The molecule has 1 amide bonds. The summed E-state index contributed by atoms with van der Waals surface area (Å²) >= 11 is 6.15. The number of hydrogen-bond acceptors (Lipinski definition) is 3. The summed E-state index contributed by atoms with van der Waals surface area (Å²) in [7, 11) is 1.77. The van der Waals surface area contributed by atoms with Gasteiger partial charge in [-0.15, -0.1) is 0 Å². The molecule has 0 radical (unpaired) electrons. The summed E-state index contributed by atoms with van der Waals surface area (Å²) in [4.78, 5) is 18.9. The number of fused-ring (bicyclic) bond motifs is 1. The van der Waals surface area contributed by atoms with Gasteiger partial charge in [0.1, 0.15) is 24.7 Å². The molecule has 3 aromatic rings. The van der Waals surface area contributed by atoms with E-state index in [0.29, 0.717) is 28.7 Å². The zero-order valence-corrected chi connectivity index (χ0v) is 16.0. The molecule has 5 nitrogen and oxygen atoms in total. The van der Waals surface area contributed by atoms with E-state index >= 15 is 0 Å². The Morgan fingerprint density at radius 2 is 2.00 bits per heavy atom. The van der Waals surface area contributed by atoms with Crippen LogP contribution in [0.3, 0.4) is 0 Å². The van der Waals surface area contributed by atoms with Crippen LogP contribution in [0.1, 0.15) is 12.6 Å². The number of rotatable bonds is 7. The van der Waals surface area contributed by atoms with Crippen LogP contribution >= 0.6 is 11.6 Å². The molecule has 2 heterocycles. The third-order valence-electron chi connectivity index (χ3n) is 4.37. The number of carbonyl (C=O) groups is 1. The van der Waals surface area contributed by atoms with E-state index in [-0.39, 0.29) is 18.9 Å². The van der Waals surface area contributed by atoms with Gasteiger partial charge in [0.25, 0.3) is 0 Å². The minimum atomic E-state index is -0.536. The van der Waals surface area contributed by atoms with E-state index in [1.54, 1.807) is 36.3 Å². The minimum Gasteiger partial charge on any atom is -0.491 e. The quantitative estimate of drug-likeness (QED) is 0.613. The number of hydrogen-bond donors (Lipinski definition) is 0. The molecule has 2 aromatic heterocycles. The van der Waals surface area contributed by atoms with Crippen molar-refractivity contribution in [1.82, 2.24) is 14.3 Å². The maximum absolute atomic E-state index is 12.5. The van der Waals surface area contributed by atoms with Gasteiger partial charge in [-0.3, -0.25) is 4.79 Å². The fourth-order valence-electron chi connectivity index (χ4n) is 2.79. The zero-order valence-electron chi connectivity index (χ0n) is 15.3. The van der Waals surface area contributed by atoms with Gasteiger partial charge in [-0.1, -0.05) is 11.6 Å². The van der Waals surface area contributed by atoms with Gasteiger partial charge in [0.2, 0.25) is 5.91 Å². The number of benzene rings is 1. The largest absolute Gasteiger partial charge is 0.491 e. The Balaban J connectivity index is 2.03. The maximum atomic E-state index is 12.5. The molecule has 0 atom stereocenters. The van der Waals surface area contributed by atoms with Crippen LogP contribution in [-0.2, 0) is 11.2 Å². The summed E-state index contributed by atoms with van der Waals surface area (Å²) in [6.45, 7) is 2.05. The molecule has 27 heavy (non-hydrogen) atoms. The summed E-state index contributed by atoms with van der Waals surface area (Å²) in [5.74, 6) is 0.593. The van der Waals surface area contributed by atoms with Crippen LogP contribution in [-0.4, -0.2) is 47.1 Å². The van der Waals surface area contributed by atoms with Gasteiger partial charge >= 0.3 is 0 Å². The van der Waals surface area contributed by atoms with Crippen molar-refractivity contribution in [2.45, 2.75) is 13.3 Å². The number of pyridine rings is 1. The molecule has 7 heteroatoms. The molecule has 0 aliphatic rings. The SMILES string of the molecule is CCN(C)C(=O)Cc1c(-c2ccc(OCCF)cc2)nc2ccc(Cl)cn12. The molecule has 1 aromatic carbocycles. The fraction of sp³-hybridized carbons (Fsp3) is 0.300. The molecule has 0 unspecified atom stereocenters. The molecule has 0 saturated carbocycles. The second-order valence-electron chi connectivity index (χ2n) is 6.13.